The minimum absolute atomic E-state index is 0.0694. The van der Waals surface area contributed by atoms with Crippen LogP contribution in [0.3, 0.4) is 0 Å². The largest absolute Gasteiger partial charge is 0.461 e. The molecular formula is C17H27NO7S2. The summed E-state index contributed by atoms with van der Waals surface area (Å²) in [6, 6.07) is -1.02. The van der Waals surface area contributed by atoms with Crippen molar-refractivity contribution in [2.75, 3.05) is 12.5 Å². The van der Waals surface area contributed by atoms with Gasteiger partial charge in [0.15, 0.2) is 0 Å². The van der Waals surface area contributed by atoms with E-state index in [0.29, 0.717) is 11.8 Å². The summed E-state index contributed by atoms with van der Waals surface area (Å²) in [5, 5.41) is 1.84. The molecule has 0 aromatic rings. The number of esters is 2. The molecule has 0 spiro atoms. The van der Waals surface area contributed by atoms with Crippen molar-refractivity contribution in [1.29, 1.82) is 0 Å². The van der Waals surface area contributed by atoms with E-state index in [4.69, 9.17) is 9.47 Å². The number of nitrogens with one attached hydrogen (secondary N) is 1. The minimum Gasteiger partial charge on any atom is -0.461 e. The predicted molar refractivity (Wildman–Crippen MR) is 104 cm³/mol. The number of hydrogen-bond donors (Lipinski definition) is 2. The average Bonchev–Trinajstić information content (AvgIpc) is 2.57. The predicted octanol–water partition coefficient (Wildman–Crippen LogP) is 2.45. The maximum Gasteiger partial charge on any atom is 0.370 e. The Bertz CT molecular complexity index is 542. The van der Waals surface area contributed by atoms with Gasteiger partial charge in [0.05, 0.1) is 4.75 Å². The molecule has 154 valence electrons. The lowest BCUT2D eigenvalue weighted by Gasteiger charge is -2.26. The van der Waals surface area contributed by atoms with Gasteiger partial charge in [-0.25, -0.2) is 9.59 Å². The summed E-state index contributed by atoms with van der Waals surface area (Å²) in [6.45, 7) is 3.87. The van der Waals surface area contributed by atoms with Crippen LogP contribution in [0.5, 0.6) is 0 Å². The first kappa shape index (κ1) is 23.6. The van der Waals surface area contributed by atoms with Gasteiger partial charge in [-0.1, -0.05) is 6.42 Å². The van der Waals surface area contributed by atoms with Gasteiger partial charge in [-0.2, -0.15) is 12.6 Å². The van der Waals surface area contributed by atoms with Gasteiger partial charge in [0.25, 0.3) is 0 Å². The second kappa shape index (κ2) is 11.4. The average molecular weight is 422 g/mol. The van der Waals surface area contributed by atoms with Crippen molar-refractivity contribution in [2.45, 2.75) is 69.8 Å². The first-order valence-electron chi connectivity index (χ1n) is 8.76. The first-order chi connectivity index (χ1) is 12.6. The maximum atomic E-state index is 12.5. The summed E-state index contributed by atoms with van der Waals surface area (Å²) in [5.74, 6) is -1.69. The Hall–Kier alpha value is -1.42. The van der Waals surface area contributed by atoms with Gasteiger partial charge in [-0.05, 0) is 51.3 Å². The molecule has 0 heterocycles. The second-order valence-electron chi connectivity index (χ2n) is 6.74. The quantitative estimate of drug-likeness (QED) is 0.350. The molecule has 0 aromatic heterocycles. The minimum atomic E-state index is -1.02. The standard InChI is InChI=1S/C17H27NO7S2/c1-11(19)23-10-24-16(22)27-9-13(18-15(21)17(2,3)26)14(20)25-12-7-5-4-6-8-12/h12-13,26H,4-10H2,1-3H3,(H,18,21)/t13-/m0/s1. The van der Waals surface area contributed by atoms with E-state index in [1.54, 1.807) is 13.8 Å². The third kappa shape index (κ3) is 9.90. The Morgan fingerprint density at radius 1 is 1.15 bits per heavy atom. The van der Waals surface area contributed by atoms with Gasteiger partial charge >= 0.3 is 17.2 Å². The van der Waals surface area contributed by atoms with Crippen LogP contribution in [0.15, 0.2) is 0 Å². The Morgan fingerprint density at radius 2 is 1.78 bits per heavy atom. The fraction of sp³-hybridized carbons (Fsp3) is 0.765. The van der Waals surface area contributed by atoms with E-state index in [0.717, 1.165) is 32.1 Å². The highest BCUT2D eigenvalue weighted by molar-refractivity contribution is 8.13. The lowest BCUT2D eigenvalue weighted by atomic mass is 9.98. The van der Waals surface area contributed by atoms with Crippen molar-refractivity contribution < 1.29 is 33.4 Å². The van der Waals surface area contributed by atoms with E-state index >= 15 is 0 Å². The van der Waals surface area contributed by atoms with Crippen molar-refractivity contribution in [3.05, 3.63) is 0 Å². The first-order valence-corrected chi connectivity index (χ1v) is 10.2. The number of carbonyl (C=O) groups is 4. The Labute approximate surface area is 168 Å². The van der Waals surface area contributed by atoms with Crippen LogP contribution in [0.25, 0.3) is 0 Å². The number of thiol groups is 1. The Balaban J connectivity index is 2.60. The molecule has 1 atom stereocenters. The molecule has 1 aliphatic carbocycles. The zero-order valence-electron chi connectivity index (χ0n) is 15.8. The van der Waals surface area contributed by atoms with Gasteiger partial charge in [-0.3, -0.25) is 9.59 Å². The summed E-state index contributed by atoms with van der Waals surface area (Å²) in [6.07, 6.45) is 4.53. The molecule has 8 nitrogen and oxygen atoms in total. The highest BCUT2D eigenvalue weighted by Gasteiger charge is 2.31. The highest BCUT2D eigenvalue weighted by atomic mass is 32.2. The van der Waals surface area contributed by atoms with Gasteiger partial charge in [0.2, 0.25) is 12.7 Å². The fourth-order valence-corrected chi connectivity index (χ4v) is 3.00. The van der Waals surface area contributed by atoms with Crippen LogP contribution < -0.4 is 5.32 Å². The van der Waals surface area contributed by atoms with Crippen LogP contribution in [-0.2, 0) is 28.6 Å². The summed E-state index contributed by atoms with van der Waals surface area (Å²) >= 11 is 4.87. The molecule has 0 aromatic carbocycles. The zero-order chi connectivity index (χ0) is 20.4. The van der Waals surface area contributed by atoms with Crippen LogP contribution in [0.4, 0.5) is 4.79 Å². The summed E-state index contributed by atoms with van der Waals surface area (Å²) in [4.78, 5) is 47.0. The molecule has 1 rings (SSSR count). The van der Waals surface area contributed by atoms with Crippen LogP contribution in [0.2, 0.25) is 0 Å². The lowest BCUT2D eigenvalue weighted by Crippen LogP contribution is -2.50. The fourth-order valence-electron chi connectivity index (χ4n) is 2.29. The third-order valence-electron chi connectivity index (χ3n) is 3.79. The molecule has 0 saturated heterocycles. The van der Waals surface area contributed by atoms with Crippen LogP contribution in [0, 0.1) is 0 Å². The number of rotatable bonds is 8. The molecule has 10 heteroatoms. The van der Waals surface area contributed by atoms with Gasteiger partial charge in [0, 0.05) is 12.7 Å². The number of ether oxygens (including phenoxy) is 3. The summed E-state index contributed by atoms with van der Waals surface area (Å²) in [7, 11) is 0. The summed E-state index contributed by atoms with van der Waals surface area (Å²) < 4.78 is 13.7. The Kier molecular flexibility index (Phi) is 10.00. The van der Waals surface area contributed by atoms with E-state index in [1.807, 2.05) is 0 Å². The van der Waals surface area contributed by atoms with Crippen molar-refractivity contribution in [1.82, 2.24) is 5.32 Å². The van der Waals surface area contributed by atoms with Crippen LogP contribution >= 0.6 is 24.4 Å². The van der Waals surface area contributed by atoms with Crippen LogP contribution in [-0.4, -0.2) is 52.6 Å². The molecule has 0 bridgehead atoms. The summed E-state index contributed by atoms with van der Waals surface area (Å²) in [5.41, 5.74) is 0. The van der Waals surface area contributed by atoms with E-state index in [1.165, 1.54) is 6.92 Å². The molecule has 0 aliphatic heterocycles. The SMILES string of the molecule is CC(=O)OCOC(=O)SC[C@H](NC(=O)C(C)(C)S)C(=O)OC1CCCCC1. The zero-order valence-corrected chi connectivity index (χ0v) is 17.5. The molecule has 1 fully saturated rings. The van der Waals surface area contributed by atoms with Crippen molar-refractivity contribution in [3.8, 4) is 0 Å². The molecule has 1 aliphatic rings. The topological polar surface area (TPSA) is 108 Å². The molecule has 1 amide bonds. The number of thioether (sulfide) groups is 1. The molecule has 27 heavy (non-hydrogen) atoms. The van der Waals surface area contributed by atoms with Gasteiger partial charge in [-0.15, -0.1) is 0 Å². The van der Waals surface area contributed by atoms with Gasteiger partial charge in [0.1, 0.15) is 12.1 Å². The normalized spacial score (nSPS) is 16.1. The number of carbonyl (C=O) groups excluding carboxylic acids is 4. The number of hydrogen-bond acceptors (Lipinski definition) is 9. The second-order valence-corrected chi connectivity index (χ2v) is 8.81. The van der Waals surface area contributed by atoms with E-state index in [2.05, 4.69) is 22.7 Å². The molecular weight excluding hydrogens is 394 g/mol. The lowest BCUT2D eigenvalue weighted by molar-refractivity contribution is -0.153. The van der Waals surface area contributed by atoms with E-state index < -0.39 is 40.7 Å². The Morgan fingerprint density at radius 3 is 2.33 bits per heavy atom. The van der Waals surface area contributed by atoms with E-state index in [9.17, 15) is 19.2 Å². The van der Waals surface area contributed by atoms with Crippen molar-refractivity contribution in [2.24, 2.45) is 0 Å². The molecule has 1 N–H and O–H groups in total. The third-order valence-corrected chi connectivity index (χ3v) is 4.84. The maximum absolute atomic E-state index is 12.5. The van der Waals surface area contributed by atoms with Gasteiger partial charge < -0.3 is 19.5 Å². The molecule has 1 saturated carbocycles. The van der Waals surface area contributed by atoms with Crippen molar-refractivity contribution >= 4 is 47.5 Å². The molecule has 0 unspecified atom stereocenters. The number of amides is 1. The van der Waals surface area contributed by atoms with E-state index in [-0.39, 0.29) is 11.9 Å². The monoisotopic (exact) mass is 421 g/mol. The van der Waals surface area contributed by atoms with Crippen molar-refractivity contribution in [3.63, 3.8) is 0 Å². The smallest absolute Gasteiger partial charge is 0.370 e. The van der Waals surface area contributed by atoms with Crippen LogP contribution in [0.1, 0.15) is 52.9 Å². The highest BCUT2D eigenvalue weighted by Crippen LogP contribution is 2.21. The molecule has 0 radical (unpaired) electrons.